The molecule has 0 fully saturated rings. The molecule has 0 aliphatic heterocycles. The highest BCUT2D eigenvalue weighted by Crippen LogP contribution is 2.23. The molecule has 0 saturated heterocycles. The lowest BCUT2D eigenvalue weighted by Gasteiger charge is -2.06. The minimum atomic E-state index is -1.54. The van der Waals surface area contributed by atoms with Crippen molar-refractivity contribution >= 4 is 23.4 Å². The van der Waals surface area contributed by atoms with Crippen LogP contribution in [0.15, 0.2) is 24.3 Å². The second-order valence-corrected chi connectivity index (χ2v) is 4.67. The average molecular weight is 295 g/mol. The van der Waals surface area contributed by atoms with E-state index < -0.39 is 17.5 Å². The molecule has 3 nitrogen and oxygen atoms in total. The van der Waals surface area contributed by atoms with Crippen molar-refractivity contribution in [3.05, 3.63) is 52.2 Å². The van der Waals surface area contributed by atoms with Crippen LogP contribution in [0.3, 0.4) is 0 Å². The van der Waals surface area contributed by atoms with Crippen LogP contribution in [0.4, 0.5) is 13.2 Å². The number of nitrogens with one attached hydrogen (secondary N) is 1. The third-order valence-corrected chi connectivity index (χ3v) is 3.21. The second kappa shape index (κ2) is 4.45. The monoisotopic (exact) mass is 295 g/mol. The van der Waals surface area contributed by atoms with Gasteiger partial charge in [-0.2, -0.15) is 0 Å². The van der Waals surface area contributed by atoms with Gasteiger partial charge >= 0.3 is 0 Å². The Bertz CT molecular complexity index is 882. The molecule has 7 heteroatoms. The fraction of sp³-hybridized carbons (Fsp3) is 0.0769. The number of benzene rings is 1. The van der Waals surface area contributed by atoms with E-state index in [0.717, 1.165) is 12.1 Å². The molecule has 0 unspecified atom stereocenters. The largest absolute Gasteiger partial charge is 0.329 e. The molecule has 2 aromatic heterocycles. The Morgan fingerprint density at radius 3 is 2.60 bits per heavy atom. The molecule has 1 aromatic carbocycles. The molecule has 3 rings (SSSR count). The third kappa shape index (κ3) is 1.82. The van der Waals surface area contributed by atoms with Gasteiger partial charge in [0.15, 0.2) is 27.9 Å². The van der Waals surface area contributed by atoms with Crippen molar-refractivity contribution in [1.82, 2.24) is 14.5 Å². The van der Waals surface area contributed by atoms with Gasteiger partial charge in [-0.25, -0.2) is 18.2 Å². The molecule has 0 aliphatic rings. The quantitative estimate of drug-likeness (QED) is 0.547. The second-order valence-electron chi connectivity index (χ2n) is 4.28. The van der Waals surface area contributed by atoms with Crippen molar-refractivity contribution < 1.29 is 13.2 Å². The number of pyridine rings is 1. The molecule has 0 bridgehead atoms. The molecule has 0 atom stereocenters. The summed E-state index contributed by atoms with van der Waals surface area (Å²) in [4.78, 5) is 7.09. The molecule has 20 heavy (non-hydrogen) atoms. The minimum absolute atomic E-state index is 0.156. The first-order valence-corrected chi connectivity index (χ1v) is 6.12. The number of aromatic nitrogens is 3. The van der Waals surface area contributed by atoms with Crippen LogP contribution in [0.1, 0.15) is 5.69 Å². The van der Waals surface area contributed by atoms with E-state index in [0.29, 0.717) is 16.9 Å². The molecule has 1 N–H and O–H groups in total. The number of imidazole rings is 1. The number of rotatable bonds is 1. The molecule has 3 aromatic rings. The zero-order chi connectivity index (χ0) is 14.4. The Kier molecular flexibility index (Phi) is 2.86. The number of fused-ring (bicyclic) bond motifs is 1. The summed E-state index contributed by atoms with van der Waals surface area (Å²) >= 11 is 5.10. The minimum Gasteiger partial charge on any atom is -0.329 e. The van der Waals surface area contributed by atoms with Gasteiger partial charge in [0.05, 0.1) is 11.2 Å². The molecule has 102 valence electrons. The van der Waals surface area contributed by atoms with Gasteiger partial charge in [-0.15, -0.1) is 0 Å². The number of hydrogen-bond acceptors (Lipinski definition) is 2. The van der Waals surface area contributed by atoms with Crippen LogP contribution in [-0.2, 0) is 0 Å². The smallest absolute Gasteiger partial charge is 0.196 e. The summed E-state index contributed by atoms with van der Waals surface area (Å²) in [6, 6.07) is 5.48. The Morgan fingerprint density at radius 1 is 1.10 bits per heavy atom. The zero-order valence-corrected chi connectivity index (χ0v) is 11.1. The Morgan fingerprint density at radius 2 is 1.85 bits per heavy atom. The van der Waals surface area contributed by atoms with Gasteiger partial charge in [0, 0.05) is 5.69 Å². The molecule has 0 aliphatic carbocycles. The van der Waals surface area contributed by atoms with E-state index in [1.54, 1.807) is 19.1 Å². The molecule has 0 radical (unpaired) electrons. The van der Waals surface area contributed by atoms with E-state index in [2.05, 4.69) is 9.97 Å². The van der Waals surface area contributed by atoms with Crippen LogP contribution in [0.5, 0.6) is 0 Å². The first kappa shape index (κ1) is 12.9. The fourth-order valence-electron chi connectivity index (χ4n) is 1.99. The van der Waals surface area contributed by atoms with E-state index in [9.17, 15) is 13.2 Å². The summed E-state index contributed by atoms with van der Waals surface area (Å²) in [5, 5.41) is 0. The topological polar surface area (TPSA) is 33.6 Å². The summed E-state index contributed by atoms with van der Waals surface area (Å²) in [6.45, 7) is 1.77. The fourth-order valence-corrected chi connectivity index (χ4v) is 2.28. The molecular weight excluding hydrogens is 287 g/mol. The van der Waals surface area contributed by atoms with Crippen molar-refractivity contribution in [2.75, 3.05) is 0 Å². The average Bonchev–Trinajstić information content (AvgIpc) is 2.72. The predicted octanol–water partition coefficient (Wildman–Crippen LogP) is 3.81. The summed E-state index contributed by atoms with van der Waals surface area (Å²) in [6.07, 6.45) is 0. The highest BCUT2D eigenvalue weighted by Gasteiger charge is 2.17. The molecule has 0 amide bonds. The number of halogens is 3. The number of hydrogen-bond donors (Lipinski definition) is 1. The van der Waals surface area contributed by atoms with E-state index in [-0.39, 0.29) is 10.5 Å². The molecule has 0 spiro atoms. The van der Waals surface area contributed by atoms with Crippen LogP contribution in [0.2, 0.25) is 0 Å². The van der Waals surface area contributed by atoms with Gasteiger partial charge < -0.3 is 4.98 Å². The summed E-state index contributed by atoms with van der Waals surface area (Å²) in [5.74, 6) is -4.08. The maximum absolute atomic E-state index is 13.9. The summed E-state index contributed by atoms with van der Waals surface area (Å²) in [5.41, 5.74) is 1.46. The van der Waals surface area contributed by atoms with Crippen LogP contribution in [-0.4, -0.2) is 14.5 Å². The van der Waals surface area contributed by atoms with E-state index in [4.69, 9.17) is 12.2 Å². The lowest BCUT2D eigenvalue weighted by molar-refractivity contribution is 0.445. The van der Waals surface area contributed by atoms with Gasteiger partial charge in [0.1, 0.15) is 0 Å². The van der Waals surface area contributed by atoms with E-state index in [1.807, 2.05) is 0 Å². The lowest BCUT2D eigenvalue weighted by Crippen LogP contribution is -2.03. The first-order chi connectivity index (χ1) is 9.49. The van der Waals surface area contributed by atoms with Crippen molar-refractivity contribution in [2.24, 2.45) is 0 Å². The number of aromatic amines is 1. The van der Waals surface area contributed by atoms with Crippen molar-refractivity contribution in [1.29, 1.82) is 0 Å². The lowest BCUT2D eigenvalue weighted by atomic mass is 10.2. The highest BCUT2D eigenvalue weighted by molar-refractivity contribution is 7.71. The number of H-pyrrole nitrogens is 1. The normalized spacial score (nSPS) is 11.2. The van der Waals surface area contributed by atoms with Crippen LogP contribution < -0.4 is 0 Å². The molecule has 0 saturated carbocycles. The van der Waals surface area contributed by atoms with Crippen molar-refractivity contribution in [3.63, 3.8) is 0 Å². The maximum Gasteiger partial charge on any atom is 0.196 e. The van der Waals surface area contributed by atoms with Gasteiger partial charge in [-0.3, -0.25) is 4.57 Å². The van der Waals surface area contributed by atoms with Gasteiger partial charge in [0.2, 0.25) is 0 Å². The first-order valence-electron chi connectivity index (χ1n) is 5.71. The van der Waals surface area contributed by atoms with Gasteiger partial charge in [-0.1, -0.05) is 0 Å². The standard InChI is InChI=1S/C13H8F3N3S/c1-6-2-4-8-12(17-6)19(13(20)18-8)9-5-3-7(14)10(15)11(9)16/h2-5H,1H3,(H,18,20). The number of nitrogens with zero attached hydrogens (tertiary/aromatic N) is 2. The Balaban J connectivity index is 2.41. The van der Waals surface area contributed by atoms with Crippen LogP contribution in [0.25, 0.3) is 16.9 Å². The van der Waals surface area contributed by atoms with E-state index >= 15 is 0 Å². The SMILES string of the molecule is Cc1ccc2[nH]c(=S)n(-c3ccc(F)c(F)c3F)c2n1. The predicted molar refractivity (Wildman–Crippen MR) is 70.9 cm³/mol. The van der Waals surface area contributed by atoms with Crippen LogP contribution in [0, 0.1) is 29.1 Å². The third-order valence-electron chi connectivity index (χ3n) is 2.93. The van der Waals surface area contributed by atoms with Gasteiger partial charge in [-0.05, 0) is 43.4 Å². The zero-order valence-electron chi connectivity index (χ0n) is 10.2. The van der Waals surface area contributed by atoms with Gasteiger partial charge in [0.25, 0.3) is 0 Å². The van der Waals surface area contributed by atoms with E-state index in [1.165, 1.54) is 4.57 Å². The molecule has 2 heterocycles. The summed E-state index contributed by atoms with van der Waals surface area (Å²) in [7, 11) is 0. The highest BCUT2D eigenvalue weighted by atomic mass is 32.1. The van der Waals surface area contributed by atoms with Crippen LogP contribution >= 0.6 is 12.2 Å². The molecular formula is C13H8F3N3S. The Hall–Kier alpha value is -2.15. The number of aryl methyl sites for hydroxylation is 1. The Labute approximate surface area is 116 Å². The summed E-state index contributed by atoms with van der Waals surface area (Å²) < 4.78 is 41.7. The maximum atomic E-state index is 13.9. The van der Waals surface area contributed by atoms with Crippen molar-refractivity contribution in [2.45, 2.75) is 6.92 Å². The van der Waals surface area contributed by atoms with Crippen molar-refractivity contribution in [3.8, 4) is 5.69 Å².